The van der Waals surface area contributed by atoms with Crippen molar-refractivity contribution in [2.75, 3.05) is 13.1 Å². The summed E-state index contributed by atoms with van der Waals surface area (Å²) in [5.74, 6) is 0.105. The van der Waals surface area contributed by atoms with E-state index in [0.29, 0.717) is 13.0 Å². The lowest BCUT2D eigenvalue weighted by Gasteiger charge is -2.24. The summed E-state index contributed by atoms with van der Waals surface area (Å²) < 4.78 is 1.91. The summed E-state index contributed by atoms with van der Waals surface area (Å²) in [6, 6.07) is 0. The van der Waals surface area contributed by atoms with E-state index >= 15 is 0 Å². The molecule has 1 amide bonds. The van der Waals surface area contributed by atoms with Crippen LogP contribution in [-0.4, -0.2) is 34.1 Å². The smallest absolute Gasteiger partial charge is 0.221 e. The van der Waals surface area contributed by atoms with E-state index in [1.165, 1.54) is 6.42 Å². The van der Waals surface area contributed by atoms with Gasteiger partial charge < -0.3 is 15.2 Å². The maximum absolute atomic E-state index is 11.7. The second-order valence-electron chi connectivity index (χ2n) is 4.92. The predicted molar refractivity (Wildman–Crippen MR) is 65.5 cm³/mol. The van der Waals surface area contributed by atoms with Gasteiger partial charge in [-0.05, 0) is 26.3 Å². The van der Waals surface area contributed by atoms with E-state index < -0.39 is 0 Å². The minimum absolute atomic E-state index is 0.0880. The number of amides is 1. The molecule has 5 nitrogen and oxygen atoms in total. The van der Waals surface area contributed by atoms with E-state index in [1.54, 1.807) is 12.5 Å². The van der Waals surface area contributed by atoms with E-state index in [9.17, 15) is 4.79 Å². The summed E-state index contributed by atoms with van der Waals surface area (Å²) in [4.78, 5) is 15.6. The molecule has 1 fully saturated rings. The maximum atomic E-state index is 11.7. The highest BCUT2D eigenvalue weighted by atomic mass is 16.1. The van der Waals surface area contributed by atoms with Crippen molar-refractivity contribution in [1.82, 2.24) is 20.2 Å². The molecule has 2 heterocycles. The molecule has 2 rings (SSSR count). The first-order chi connectivity index (χ1) is 8.18. The monoisotopic (exact) mass is 236 g/mol. The molecular formula is C12H20N4O. The Hall–Kier alpha value is -1.36. The molecule has 1 aromatic heterocycles. The quantitative estimate of drug-likeness (QED) is 0.784. The van der Waals surface area contributed by atoms with Gasteiger partial charge in [0.05, 0.1) is 6.33 Å². The fraction of sp³-hybridized carbons (Fsp3) is 0.667. The third-order valence-corrected chi connectivity index (χ3v) is 3.29. The van der Waals surface area contributed by atoms with Gasteiger partial charge in [0.15, 0.2) is 0 Å². The molecule has 0 saturated carbocycles. The van der Waals surface area contributed by atoms with Gasteiger partial charge in [-0.3, -0.25) is 4.79 Å². The molecule has 5 heteroatoms. The number of aromatic nitrogens is 2. The van der Waals surface area contributed by atoms with Crippen molar-refractivity contribution in [3.8, 4) is 0 Å². The molecule has 0 radical (unpaired) electrons. The Bertz CT molecular complexity index is 355. The number of imidazole rings is 1. The normalized spacial score (nSPS) is 23.8. The number of hydrogen-bond donors (Lipinski definition) is 2. The number of rotatable bonds is 5. The van der Waals surface area contributed by atoms with Gasteiger partial charge in [-0.25, -0.2) is 4.98 Å². The topological polar surface area (TPSA) is 59.0 Å². The van der Waals surface area contributed by atoms with Crippen molar-refractivity contribution < 1.29 is 4.79 Å². The summed E-state index contributed by atoms with van der Waals surface area (Å²) in [5, 5.41) is 6.42. The van der Waals surface area contributed by atoms with Gasteiger partial charge in [0, 0.05) is 37.4 Å². The van der Waals surface area contributed by atoms with Gasteiger partial charge in [0.1, 0.15) is 0 Å². The fourth-order valence-corrected chi connectivity index (χ4v) is 2.14. The van der Waals surface area contributed by atoms with Crippen molar-refractivity contribution in [2.24, 2.45) is 0 Å². The number of aryl methyl sites for hydroxylation is 1. The highest BCUT2D eigenvalue weighted by Gasteiger charge is 2.27. The zero-order valence-corrected chi connectivity index (χ0v) is 10.3. The summed E-state index contributed by atoms with van der Waals surface area (Å²) in [6.07, 6.45) is 8.16. The average Bonchev–Trinajstić information content (AvgIpc) is 2.95. The standard InChI is InChI=1S/C12H20N4O/c1-12(4-2-5-15-12)9-14-11(17)3-7-16-8-6-13-10-16/h6,8,10,15H,2-5,7,9H2,1H3,(H,14,17). The maximum Gasteiger partial charge on any atom is 0.221 e. The van der Waals surface area contributed by atoms with Gasteiger partial charge in [0.2, 0.25) is 5.91 Å². The van der Waals surface area contributed by atoms with Crippen LogP contribution in [0, 0.1) is 0 Å². The van der Waals surface area contributed by atoms with Crippen LogP contribution < -0.4 is 10.6 Å². The third kappa shape index (κ3) is 3.56. The van der Waals surface area contributed by atoms with Gasteiger partial charge in [-0.15, -0.1) is 0 Å². The van der Waals surface area contributed by atoms with E-state index in [-0.39, 0.29) is 11.4 Å². The summed E-state index contributed by atoms with van der Waals surface area (Å²) in [7, 11) is 0. The Morgan fingerprint density at radius 2 is 2.53 bits per heavy atom. The Morgan fingerprint density at radius 3 is 3.18 bits per heavy atom. The van der Waals surface area contributed by atoms with Gasteiger partial charge in [-0.1, -0.05) is 0 Å². The van der Waals surface area contributed by atoms with Crippen LogP contribution in [0.5, 0.6) is 0 Å². The van der Waals surface area contributed by atoms with Crippen molar-refractivity contribution in [1.29, 1.82) is 0 Å². The lowest BCUT2D eigenvalue weighted by molar-refractivity contribution is -0.121. The SMILES string of the molecule is CC1(CNC(=O)CCn2ccnc2)CCCN1. The van der Waals surface area contributed by atoms with Crippen molar-refractivity contribution >= 4 is 5.91 Å². The molecule has 2 N–H and O–H groups in total. The molecular weight excluding hydrogens is 216 g/mol. The first kappa shape index (κ1) is 12.1. The molecule has 1 aliphatic rings. The number of hydrogen-bond acceptors (Lipinski definition) is 3. The van der Waals surface area contributed by atoms with Crippen LogP contribution in [0.3, 0.4) is 0 Å². The number of carbonyl (C=O) groups excluding carboxylic acids is 1. The molecule has 1 atom stereocenters. The van der Waals surface area contributed by atoms with Crippen LogP contribution in [-0.2, 0) is 11.3 Å². The van der Waals surface area contributed by atoms with Crippen LogP contribution >= 0.6 is 0 Å². The number of nitrogens with one attached hydrogen (secondary N) is 2. The Balaban J connectivity index is 1.67. The minimum Gasteiger partial charge on any atom is -0.354 e. The van der Waals surface area contributed by atoms with Crippen molar-refractivity contribution in [3.05, 3.63) is 18.7 Å². The predicted octanol–water partition coefficient (Wildman–Crippen LogP) is 0.531. The Morgan fingerprint density at radius 1 is 1.65 bits per heavy atom. The first-order valence-electron chi connectivity index (χ1n) is 6.15. The Labute approximate surface area is 102 Å². The molecule has 1 aliphatic heterocycles. The molecule has 0 aliphatic carbocycles. The van der Waals surface area contributed by atoms with E-state index in [0.717, 1.165) is 19.5 Å². The van der Waals surface area contributed by atoms with E-state index in [1.807, 2.05) is 10.8 Å². The van der Waals surface area contributed by atoms with Gasteiger partial charge in [0.25, 0.3) is 0 Å². The molecule has 0 bridgehead atoms. The molecule has 0 spiro atoms. The van der Waals surface area contributed by atoms with Crippen LogP contribution in [0.25, 0.3) is 0 Å². The van der Waals surface area contributed by atoms with Crippen LogP contribution in [0.15, 0.2) is 18.7 Å². The van der Waals surface area contributed by atoms with Crippen molar-refractivity contribution in [3.63, 3.8) is 0 Å². The van der Waals surface area contributed by atoms with E-state index in [4.69, 9.17) is 0 Å². The molecule has 17 heavy (non-hydrogen) atoms. The van der Waals surface area contributed by atoms with Crippen LogP contribution in [0.2, 0.25) is 0 Å². The average molecular weight is 236 g/mol. The number of nitrogens with zero attached hydrogens (tertiary/aromatic N) is 2. The zero-order chi connectivity index (χ0) is 12.1. The zero-order valence-electron chi connectivity index (χ0n) is 10.3. The Kier molecular flexibility index (Phi) is 3.78. The molecule has 94 valence electrons. The first-order valence-corrected chi connectivity index (χ1v) is 6.15. The second kappa shape index (κ2) is 5.31. The second-order valence-corrected chi connectivity index (χ2v) is 4.92. The summed E-state index contributed by atoms with van der Waals surface area (Å²) in [5.41, 5.74) is 0.0880. The molecule has 1 saturated heterocycles. The largest absolute Gasteiger partial charge is 0.354 e. The lowest BCUT2D eigenvalue weighted by Crippen LogP contribution is -2.47. The molecule has 1 aromatic rings. The molecule has 0 aromatic carbocycles. The van der Waals surface area contributed by atoms with E-state index in [2.05, 4.69) is 22.5 Å². The fourth-order valence-electron chi connectivity index (χ4n) is 2.14. The lowest BCUT2D eigenvalue weighted by atomic mass is 10.0. The molecule has 1 unspecified atom stereocenters. The van der Waals surface area contributed by atoms with Crippen molar-refractivity contribution in [2.45, 2.75) is 38.3 Å². The number of carbonyl (C=O) groups is 1. The van der Waals surface area contributed by atoms with Gasteiger partial charge in [-0.2, -0.15) is 0 Å². The summed E-state index contributed by atoms with van der Waals surface area (Å²) in [6.45, 7) is 4.63. The highest BCUT2D eigenvalue weighted by Crippen LogP contribution is 2.16. The summed E-state index contributed by atoms with van der Waals surface area (Å²) >= 11 is 0. The van der Waals surface area contributed by atoms with Crippen LogP contribution in [0.4, 0.5) is 0 Å². The minimum atomic E-state index is 0.0880. The highest BCUT2D eigenvalue weighted by molar-refractivity contribution is 5.75. The third-order valence-electron chi connectivity index (χ3n) is 3.29. The van der Waals surface area contributed by atoms with Crippen LogP contribution in [0.1, 0.15) is 26.2 Å². The van der Waals surface area contributed by atoms with Gasteiger partial charge >= 0.3 is 0 Å².